The topological polar surface area (TPSA) is 81.8 Å². The molecule has 2 aromatic rings. The van der Waals surface area contributed by atoms with Crippen LogP contribution in [0.1, 0.15) is 36.5 Å². The number of fused-ring (bicyclic) bond motifs is 1. The molecule has 2 aliphatic heterocycles. The van der Waals surface area contributed by atoms with Crippen molar-refractivity contribution in [1.82, 2.24) is 9.99 Å². The quantitative estimate of drug-likeness (QED) is 0.826. The SMILES string of the molecule is CC(C)c1ccc(C=C2C(=N)N3N=C(c4cccnc4)SC3=NC2=O)cc1. The summed E-state index contributed by atoms with van der Waals surface area (Å²) >= 11 is 1.27. The fourth-order valence-corrected chi connectivity index (χ4v) is 3.62. The molecule has 27 heavy (non-hydrogen) atoms. The second-order valence-electron chi connectivity index (χ2n) is 6.49. The second-order valence-corrected chi connectivity index (χ2v) is 7.44. The molecule has 6 nitrogen and oxygen atoms in total. The van der Waals surface area contributed by atoms with E-state index in [1.165, 1.54) is 22.3 Å². The van der Waals surface area contributed by atoms with Crippen molar-refractivity contribution in [1.29, 1.82) is 5.41 Å². The first-order valence-corrected chi connectivity index (χ1v) is 9.35. The van der Waals surface area contributed by atoms with Crippen LogP contribution in [-0.4, -0.2) is 31.9 Å². The maximum absolute atomic E-state index is 12.5. The molecule has 0 atom stereocenters. The lowest BCUT2D eigenvalue weighted by atomic mass is 10.0. The molecule has 134 valence electrons. The van der Waals surface area contributed by atoms with E-state index in [1.54, 1.807) is 18.5 Å². The largest absolute Gasteiger partial charge is 0.283 e. The first-order chi connectivity index (χ1) is 13.0. The van der Waals surface area contributed by atoms with Gasteiger partial charge in [-0.3, -0.25) is 15.2 Å². The zero-order chi connectivity index (χ0) is 19.0. The molecule has 0 unspecified atom stereocenters. The van der Waals surface area contributed by atoms with Crippen molar-refractivity contribution >= 4 is 39.8 Å². The van der Waals surface area contributed by atoms with E-state index in [4.69, 9.17) is 5.41 Å². The Kier molecular flexibility index (Phi) is 4.45. The number of hydrogen-bond acceptors (Lipinski definition) is 5. The number of nitrogens with one attached hydrogen (secondary N) is 1. The van der Waals surface area contributed by atoms with Crippen molar-refractivity contribution in [2.45, 2.75) is 19.8 Å². The summed E-state index contributed by atoms with van der Waals surface area (Å²) in [6.45, 7) is 4.26. The van der Waals surface area contributed by atoms with Gasteiger partial charge in [-0.05, 0) is 47.0 Å². The third-order valence-electron chi connectivity index (χ3n) is 4.28. The van der Waals surface area contributed by atoms with E-state index in [1.807, 2.05) is 36.4 Å². The number of rotatable bonds is 3. The van der Waals surface area contributed by atoms with Crippen LogP contribution in [0.2, 0.25) is 0 Å². The van der Waals surface area contributed by atoms with Gasteiger partial charge < -0.3 is 0 Å². The zero-order valence-electron chi connectivity index (χ0n) is 14.9. The predicted molar refractivity (Wildman–Crippen MR) is 109 cm³/mol. The Morgan fingerprint density at radius 1 is 1.19 bits per heavy atom. The fraction of sp³-hybridized carbons (Fsp3) is 0.150. The number of hydrogen-bond donors (Lipinski definition) is 1. The van der Waals surface area contributed by atoms with Gasteiger partial charge in [-0.2, -0.15) is 15.1 Å². The Morgan fingerprint density at radius 2 is 1.96 bits per heavy atom. The Bertz CT molecular complexity index is 1010. The van der Waals surface area contributed by atoms with Gasteiger partial charge in [-0.1, -0.05) is 38.1 Å². The Balaban J connectivity index is 1.65. The number of carbonyl (C=O) groups is 1. The molecule has 1 N–H and O–H groups in total. The highest BCUT2D eigenvalue weighted by Gasteiger charge is 2.36. The highest BCUT2D eigenvalue weighted by atomic mass is 32.2. The van der Waals surface area contributed by atoms with Crippen LogP contribution in [0, 0.1) is 5.41 Å². The molecule has 0 spiro atoms. The molecule has 0 saturated carbocycles. The number of nitrogens with zero attached hydrogens (tertiary/aromatic N) is 4. The second kappa shape index (κ2) is 6.92. The van der Waals surface area contributed by atoms with Gasteiger partial charge in [0.2, 0.25) is 5.17 Å². The van der Waals surface area contributed by atoms with Crippen molar-refractivity contribution in [2.75, 3.05) is 0 Å². The van der Waals surface area contributed by atoms with Gasteiger partial charge in [0, 0.05) is 18.0 Å². The minimum atomic E-state index is -0.422. The summed E-state index contributed by atoms with van der Waals surface area (Å²) in [6.07, 6.45) is 5.08. The first-order valence-electron chi connectivity index (χ1n) is 8.53. The molecule has 4 rings (SSSR count). The van der Waals surface area contributed by atoms with E-state index in [2.05, 4.69) is 28.9 Å². The van der Waals surface area contributed by atoms with Gasteiger partial charge in [-0.15, -0.1) is 0 Å². The van der Waals surface area contributed by atoms with Crippen LogP contribution in [-0.2, 0) is 4.79 Å². The van der Waals surface area contributed by atoms with E-state index < -0.39 is 5.91 Å². The van der Waals surface area contributed by atoms with Gasteiger partial charge in [-0.25, -0.2) is 0 Å². The first kappa shape index (κ1) is 17.4. The van der Waals surface area contributed by atoms with Gasteiger partial charge in [0.15, 0.2) is 5.84 Å². The molecular weight excluding hydrogens is 358 g/mol. The number of aliphatic imine (C=N–C) groups is 1. The summed E-state index contributed by atoms with van der Waals surface area (Å²) in [5.74, 6) is 0.0500. The summed E-state index contributed by atoms with van der Waals surface area (Å²) in [7, 11) is 0. The van der Waals surface area contributed by atoms with Gasteiger partial charge >= 0.3 is 0 Å². The van der Waals surface area contributed by atoms with Crippen LogP contribution >= 0.6 is 11.8 Å². The van der Waals surface area contributed by atoms with E-state index in [-0.39, 0.29) is 11.4 Å². The predicted octanol–water partition coefficient (Wildman–Crippen LogP) is 3.87. The Hall–Kier alpha value is -3.06. The van der Waals surface area contributed by atoms with Crippen molar-refractivity contribution in [2.24, 2.45) is 10.1 Å². The lowest BCUT2D eigenvalue weighted by Gasteiger charge is -2.20. The fourth-order valence-electron chi connectivity index (χ4n) is 2.74. The monoisotopic (exact) mass is 375 g/mol. The van der Waals surface area contributed by atoms with Gasteiger partial charge in [0.25, 0.3) is 5.91 Å². The summed E-state index contributed by atoms with van der Waals surface area (Å²) in [5, 5.41) is 15.4. The minimum Gasteiger partial charge on any atom is -0.282 e. The Morgan fingerprint density at radius 3 is 2.63 bits per heavy atom. The molecule has 0 bridgehead atoms. The number of pyridine rings is 1. The number of amidine groups is 2. The standard InChI is InChI=1S/C20H17N5OS/c1-12(2)14-7-5-13(6-8-14)10-16-17(21)25-20(23-18(16)26)27-19(24-25)15-4-3-9-22-11-15/h3-12,21H,1-2H3. The molecule has 0 aliphatic carbocycles. The molecular formula is C20H17N5OS. The van der Waals surface area contributed by atoms with Crippen LogP contribution in [0.3, 0.4) is 0 Å². The summed E-state index contributed by atoms with van der Waals surface area (Å²) in [4.78, 5) is 20.7. The third-order valence-corrected chi connectivity index (χ3v) is 5.23. The normalized spacial score (nSPS) is 18.0. The van der Waals surface area contributed by atoms with Crippen LogP contribution in [0.15, 0.2) is 64.5 Å². The highest BCUT2D eigenvalue weighted by molar-refractivity contribution is 8.27. The van der Waals surface area contributed by atoms with Crippen molar-refractivity contribution in [3.05, 3.63) is 71.1 Å². The average Bonchev–Trinajstić information content (AvgIpc) is 3.10. The van der Waals surface area contributed by atoms with E-state index in [9.17, 15) is 4.79 Å². The minimum absolute atomic E-state index is 0.0318. The van der Waals surface area contributed by atoms with Crippen LogP contribution in [0.4, 0.5) is 0 Å². The lowest BCUT2D eigenvalue weighted by Crippen LogP contribution is -2.35. The van der Waals surface area contributed by atoms with Crippen LogP contribution in [0.5, 0.6) is 0 Å². The molecule has 7 heteroatoms. The molecule has 1 aromatic carbocycles. The van der Waals surface area contributed by atoms with Crippen molar-refractivity contribution < 1.29 is 4.79 Å². The summed E-state index contributed by atoms with van der Waals surface area (Å²) in [5.41, 5.74) is 3.14. The maximum Gasteiger partial charge on any atom is 0.283 e. The lowest BCUT2D eigenvalue weighted by molar-refractivity contribution is -0.114. The van der Waals surface area contributed by atoms with Gasteiger partial charge in [0.05, 0.1) is 5.57 Å². The molecule has 1 aromatic heterocycles. The maximum atomic E-state index is 12.5. The number of thioether (sulfide) groups is 1. The summed E-state index contributed by atoms with van der Waals surface area (Å²) < 4.78 is 0. The van der Waals surface area contributed by atoms with Crippen LogP contribution < -0.4 is 0 Å². The Labute approximate surface area is 161 Å². The van der Waals surface area contributed by atoms with E-state index >= 15 is 0 Å². The molecule has 1 amide bonds. The molecule has 0 fully saturated rings. The van der Waals surface area contributed by atoms with Crippen molar-refractivity contribution in [3.8, 4) is 0 Å². The molecule has 2 aliphatic rings. The van der Waals surface area contributed by atoms with Crippen molar-refractivity contribution in [3.63, 3.8) is 0 Å². The molecule has 0 saturated heterocycles. The number of benzene rings is 1. The third kappa shape index (κ3) is 3.33. The number of amides is 1. The average molecular weight is 375 g/mol. The molecule has 0 radical (unpaired) electrons. The number of hydrazone groups is 1. The van der Waals surface area contributed by atoms with E-state index in [0.29, 0.717) is 16.1 Å². The van der Waals surface area contributed by atoms with Crippen LogP contribution in [0.25, 0.3) is 6.08 Å². The number of carbonyl (C=O) groups excluding carboxylic acids is 1. The highest BCUT2D eigenvalue weighted by Crippen LogP contribution is 2.30. The smallest absolute Gasteiger partial charge is 0.282 e. The van der Waals surface area contributed by atoms with Gasteiger partial charge in [0.1, 0.15) is 5.04 Å². The zero-order valence-corrected chi connectivity index (χ0v) is 15.7. The number of aromatic nitrogens is 1. The summed E-state index contributed by atoms with van der Waals surface area (Å²) in [6, 6.07) is 11.7. The molecule has 3 heterocycles. The van der Waals surface area contributed by atoms with E-state index in [0.717, 1.165) is 11.1 Å².